The molecule has 0 fully saturated rings. The van der Waals surface area contributed by atoms with E-state index in [1.54, 1.807) is 32.0 Å². The fourth-order valence-corrected chi connectivity index (χ4v) is 3.74. The monoisotopic (exact) mass is 384 g/mol. The maximum atomic E-state index is 12.4. The fraction of sp³-hybridized carbons (Fsp3) is 0.263. The van der Waals surface area contributed by atoms with Crippen LogP contribution in [0.3, 0.4) is 0 Å². The summed E-state index contributed by atoms with van der Waals surface area (Å²) in [5.74, 6) is -1.09. The van der Waals surface area contributed by atoms with Crippen LogP contribution in [0.15, 0.2) is 51.0 Å². The zero-order chi connectivity index (χ0) is 19.1. The number of benzene rings is 1. The Morgan fingerprint density at radius 2 is 1.48 bits per heavy atom. The predicted octanol–water partition coefficient (Wildman–Crippen LogP) is 2.93. The number of hydrogen-bond acceptors (Lipinski definition) is 5. The first-order valence-corrected chi connectivity index (χ1v) is 8.87. The molecule has 1 aromatic heterocycles. The summed E-state index contributed by atoms with van der Waals surface area (Å²) >= 11 is 5.95. The molecule has 2 aromatic rings. The number of hydrazone groups is 2. The van der Waals surface area contributed by atoms with Crippen LogP contribution in [0.1, 0.15) is 25.5 Å². The summed E-state index contributed by atoms with van der Waals surface area (Å²) in [6, 6.07) is 10.9. The van der Waals surface area contributed by atoms with Gasteiger partial charge < -0.3 is 4.42 Å². The summed E-state index contributed by atoms with van der Waals surface area (Å²) in [5, 5.41) is 8.69. The van der Waals surface area contributed by atoms with E-state index in [9.17, 15) is 9.59 Å². The fourth-order valence-electron chi connectivity index (χ4n) is 3.61. The van der Waals surface area contributed by atoms with Gasteiger partial charge in [0.05, 0.1) is 17.8 Å². The first-order chi connectivity index (χ1) is 13.0. The van der Waals surface area contributed by atoms with E-state index in [0.29, 0.717) is 28.0 Å². The summed E-state index contributed by atoms with van der Waals surface area (Å²) in [4.78, 5) is 24.9. The lowest BCUT2D eigenvalue weighted by molar-refractivity contribution is -0.125. The van der Waals surface area contributed by atoms with Gasteiger partial charge in [0.2, 0.25) is 11.8 Å². The molecule has 2 aliphatic heterocycles. The number of carbonyl (C=O) groups excluding carboxylic acids is 2. The van der Waals surface area contributed by atoms with Gasteiger partial charge in [-0.15, -0.1) is 0 Å². The molecule has 1 aromatic carbocycles. The van der Waals surface area contributed by atoms with Crippen molar-refractivity contribution >= 4 is 34.8 Å². The molecule has 0 saturated heterocycles. The lowest BCUT2D eigenvalue weighted by Gasteiger charge is -2.24. The maximum absolute atomic E-state index is 12.4. The van der Waals surface area contributed by atoms with Gasteiger partial charge in [-0.1, -0.05) is 11.6 Å². The van der Waals surface area contributed by atoms with E-state index in [2.05, 4.69) is 21.1 Å². The van der Waals surface area contributed by atoms with Crippen molar-refractivity contribution in [3.63, 3.8) is 0 Å². The zero-order valence-corrected chi connectivity index (χ0v) is 15.4. The van der Waals surface area contributed by atoms with Crippen LogP contribution in [-0.4, -0.2) is 23.2 Å². The van der Waals surface area contributed by atoms with Crippen LogP contribution in [0.5, 0.6) is 0 Å². The average molecular weight is 385 g/mol. The summed E-state index contributed by atoms with van der Waals surface area (Å²) in [6.07, 6.45) is 0. The maximum Gasteiger partial charge on any atom is 0.249 e. The Labute approximate surface area is 160 Å². The number of furan rings is 1. The second-order valence-electron chi connectivity index (χ2n) is 6.65. The van der Waals surface area contributed by atoms with E-state index in [-0.39, 0.29) is 11.8 Å². The topological polar surface area (TPSA) is 96.1 Å². The molecule has 0 saturated carbocycles. The van der Waals surface area contributed by atoms with Gasteiger partial charge in [-0.05, 0) is 50.2 Å². The lowest BCUT2D eigenvalue weighted by atomic mass is 9.75. The Kier molecular flexibility index (Phi) is 4.31. The van der Waals surface area contributed by atoms with Crippen LogP contribution in [0.2, 0.25) is 5.02 Å². The summed E-state index contributed by atoms with van der Waals surface area (Å²) in [6.45, 7) is 3.52. The molecule has 27 heavy (non-hydrogen) atoms. The SMILES string of the molecule is CC1=NNC(=O)C1C(c1ccc(-c2ccc(Cl)cc2)o1)C1C(=O)NN=C1C. The number of halogens is 1. The van der Waals surface area contributed by atoms with Gasteiger partial charge in [-0.25, -0.2) is 10.9 Å². The Balaban J connectivity index is 1.77. The number of rotatable bonds is 4. The highest BCUT2D eigenvalue weighted by Crippen LogP contribution is 2.39. The van der Waals surface area contributed by atoms with Gasteiger partial charge in [0, 0.05) is 22.0 Å². The number of hydrogen-bond donors (Lipinski definition) is 2. The Morgan fingerprint density at radius 1 is 0.926 bits per heavy atom. The summed E-state index contributed by atoms with van der Waals surface area (Å²) in [5.41, 5.74) is 7.06. The molecule has 0 spiro atoms. The smallest absolute Gasteiger partial charge is 0.249 e. The Bertz CT molecular complexity index is 939. The molecule has 7 nitrogen and oxygen atoms in total. The van der Waals surface area contributed by atoms with Crippen molar-refractivity contribution in [3.8, 4) is 11.3 Å². The molecule has 2 N–H and O–H groups in total. The zero-order valence-electron chi connectivity index (χ0n) is 14.7. The Morgan fingerprint density at radius 3 is 1.96 bits per heavy atom. The van der Waals surface area contributed by atoms with Gasteiger partial charge in [-0.2, -0.15) is 10.2 Å². The first-order valence-electron chi connectivity index (χ1n) is 8.49. The van der Waals surface area contributed by atoms with E-state index < -0.39 is 17.8 Å². The van der Waals surface area contributed by atoms with Gasteiger partial charge in [0.25, 0.3) is 0 Å². The van der Waals surface area contributed by atoms with Crippen LogP contribution in [0.25, 0.3) is 11.3 Å². The largest absolute Gasteiger partial charge is 0.461 e. The molecule has 0 radical (unpaired) electrons. The van der Waals surface area contributed by atoms with E-state index in [4.69, 9.17) is 16.0 Å². The molecular formula is C19H17ClN4O3. The molecular weight excluding hydrogens is 368 g/mol. The third-order valence-corrected chi connectivity index (χ3v) is 5.20. The van der Waals surface area contributed by atoms with Gasteiger partial charge >= 0.3 is 0 Å². The molecule has 3 heterocycles. The molecule has 2 aliphatic rings. The third kappa shape index (κ3) is 3.04. The molecule has 0 bridgehead atoms. The molecule has 0 aliphatic carbocycles. The van der Waals surface area contributed by atoms with Gasteiger partial charge in [0.1, 0.15) is 11.5 Å². The first kappa shape index (κ1) is 17.5. The third-order valence-electron chi connectivity index (χ3n) is 4.95. The summed E-state index contributed by atoms with van der Waals surface area (Å²) < 4.78 is 6.08. The highest BCUT2D eigenvalue weighted by molar-refractivity contribution is 6.30. The second-order valence-corrected chi connectivity index (χ2v) is 7.08. The predicted molar refractivity (Wildman–Crippen MR) is 101 cm³/mol. The van der Waals surface area contributed by atoms with Crippen LogP contribution in [0.4, 0.5) is 0 Å². The van der Waals surface area contributed by atoms with Crippen molar-refractivity contribution in [3.05, 3.63) is 47.2 Å². The van der Waals surface area contributed by atoms with Gasteiger partial charge in [-0.3, -0.25) is 9.59 Å². The highest BCUT2D eigenvalue weighted by Gasteiger charge is 2.47. The molecule has 2 unspecified atom stereocenters. The van der Waals surface area contributed by atoms with E-state index >= 15 is 0 Å². The van der Waals surface area contributed by atoms with Crippen LogP contribution in [0, 0.1) is 11.8 Å². The number of amides is 2. The minimum absolute atomic E-state index is 0.255. The summed E-state index contributed by atoms with van der Waals surface area (Å²) in [7, 11) is 0. The molecule has 2 atom stereocenters. The van der Waals surface area contributed by atoms with Crippen molar-refractivity contribution in [1.29, 1.82) is 0 Å². The quantitative estimate of drug-likeness (QED) is 0.848. The van der Waals surface area contributed by atoms with Crippen molar-refractivity contribution < 1.29 is 14.0 Å². The van der Waals surface area contributed by atoms with Crippen molar-refractivity contribution in [2.45, 2.75) is 19.8 Å². The number of carbonyl (C=O) groups is 2. The average Bonchev–Trinajstić information content (AvgIpc) is 3.34. The van der Waals surface area contributed by atoms with Crippen molar-refractivity contribution in [2.24, 2.45) is 22.0 Å². The van der Waals surface area contributed by atoms with Crippen LogP contribution >= 0.6 is 11.6 Å². The minimum atomic E-state index is -0.604. The normalized spacial score (nSPS) is 22.9. The Hall–Kier alpha value is -2.93. The van der Waals surface area contributed by atoms with Crippen molar-refractivity contribution in [1.82, 2.24) is 10.9 Å². The van der Waals surface area contributed by atoms with Crippen LogP contribution < -0.4 is 10.9 Å². The molecule has 2 amide bonds. The van der Waals surface area contributed by atoms with E-state index in [1.165, 1.54) is 0 Å². The molecule has 138 valence electrons. The second kappa shape index (κ2) is 6.66. The number of nitrogens with one attached hydrogen (secondary N) is 2. The molecule has 8 heteroatoms. The minimum Gasteiger partial charge on any atom is -0.461 e. The number of nitrogens with zero attached hydrogens (tertiary/aromatic N) is 2. The highest BCUT2D eigenvalue weighted by atomic mass is 35.5. The van der Waals surface area contributed by atoms with E-state index in [0.717, 1.165) is 5.56 Å². The standard InChI is InChI=1S/C19H17ClN4O3/c1-9-15(18(25)23-21-9)17(16-10(2)22-24-19(16)26)14-8-7-13(27-14)11-3-5-12(20)6-4-11/h3-8,15-17H,1-2H3,(H,23,25)(H,24,26). The molecule has 4 rings (SSSR count). The van der Waals surface area contributed by atoms with Gasteiger partial charge in [0.15, 0.2) is 0 Å². The lowest BCUT2D eigenvalue weighted by Crippen LogP contribution is -2.38. The van der Waals surface area contributed by atoms with Crippen molar-refractivity contribution in [2.75, 3.05) is 0 Å². The van der Waals surface area contributed by atoms with E-state index in [1.807, 2.05) is 18.2 Å². The van der Waals surface area contributed by atoms with Crippen LogP contribution in [-0.2, 0) is 9.59 Å².